The maximum atomic E-state index is 12.2. The van der Waals surface area contributed by atoms with E-state index in [1.165, 1.54) is 0 Å². The van der Waals surface area contributed by atoms with Crippen molar-refractivity contribution in [3.05, 3.63) is 39.7 Å². The molecule has 0 saturated carbocycles. The number of hydrogen-bond donors (Lipinski definition) is 2. The summed E-state index contributed by atoms with van der Waals surface area (Å²) in [6.45, 7) is 4.97. The van der Waals surface area contributed by atoms with Gasteiger partial charge in [0.1, 0.15) is 0 Å². The molecule has 0 aliphatic carbocycles. The maximum absolute atomic E-state index is 12.2. The second kappa shape index (κ2) is 11.4. The summed E-state index contributed by atoms with van der Waals surface area (Å²) < 4.78 is 10.8. The van der Waals surface area contributed by atoms with Crippen molar-refractivity contribution in [2.24, 2.45) is 0 Å². The third kappa shape index (κ3) is 7.46. The number of aromatic nitrogens is 2. The van der Waals surface area contributed by atoms with Gasteiger partial charge in [0.05, 0.1) is 22.8 Å². The highest BCUT2D eigenvalue weighted by Crippen LogP contribution is 2.23. The highest BCUT2D eigenvalue weighted by Gasteiger charge is 2.21. The number of aryl methyl sites for hydroxylation is 1. The SMILES string of the molecule is CCC(=O)Nc1noc(CCC(=O)NC[C@H]2CN(Cc3ccc(Cl)c(Cl)c3)CCO2)n1. The van der Waals surface area contributed by atoms with Gasteiger partial charge < -0.3 is 14.6 Å². The quantitative estimate of drug-likeness (QED) is 0.580. The van der Waals surface area contributed by atoms with Crippen molar-refractivity contribution >= 4 is 41.0 Å². The summed E-state index contributed by atoms with van der Waals surface area (Å²) in [7, 11) is 0. The molecule has 0 unspecified atom stereocenters. The minimum atomic E-state index is -0.203. The fourth-order valence-electron chi connectivity index (χ4n) is 3.10. The van der Waals surface area contributed by atoms with E-state index in [1.807, 2.05) is 12.1 Å². The highest BCUT2D eigenvalue weighted by molar-refractivity contribution is 6.42. The van der Waals surface area contributed by atoms with Gasteiger partial charge in [-0.2, -0.15) is 4.98 Å². The summed E-state index contributed by atoms with van der Waals surface area (Å²) >= 11 is 12.1. The van der Waals surface area contributed by atoms with Crippen LogP contribution in [0.15, 0.2) is 22.7 Å². The van der Waals surface area contributed by atoms with Gasteiger partial charge in [-0.3, -0.25) is 19.8 Å². The van der Waals surface area contributed by atoms with Crippen molar-refractivity contribution < 1.29 is 18.8 Å². The van der Waals surface area contributed by atoms with Crippen LogP contribution in [-0.2, 0) is 27.3 Å². The van der Waals surface area contributed by atoms with Crippen LogP contribution in [0.3, 0.4) is 0 Å². The molecule has 0 spiro atoms. The lowest BCUT2D eigenvalue weighted by atomic mass is 10.2. The second-order valence-corrected chi connectivity index (χ2v) is 8.01. The summed E-state index contributed by atoms with van der Waals surface area (Å²) in [5.74, 6) is 0.0662. The van der Waals surface area contributed by atoms with Gasteiger partial charge in [-0.1, -0.05) is 36.2 Å². The first-order chi connectivity index (χ1) is 14.9. The molecule has 1 aromatic carbocycles. The molecule has 1 fully saturated rings. The van der Waals surface area contributed by atoms with Gasteiger partial charge in [0.25, 0.3) is 5.95 Å². The lowest BCUT2D eigenvalue weighted by Crippen LogP contribution is -2.47. The molecule has 168 valence electrons. The summed E-state index contributed by atoms with van der Waals surface area (Å²) in [5.41, 5.74) is 1.08. The molecule has 1 atom stereocenters. The summed E-state index contributed by atoms with van der Waals surface area (Å²) in [6.07, 6.45) is 0.707. The zero-order valence-electron chi connectivity index (χ0n) is 17.2. The van der Waals surface area contributed by atoms with Gasteiger partial charge in [0, 0.05) is 45.4 Å². The molecule has 2 amide bonds. The number of carbonyl (C=O) groups excluding carboxylic acids is 2. The first-order valence-corrected chi connectivity index (χ1v) is 10.9. The second-order valence-electron chi connectivity index (χ2n) is 7.19. The molecule has 11 heteroatoms. The third-order valence-corrected chi connectivity index (χ3v) is 5.49. The smallest absolute Gasteiger partial charge is 0.270 e. The lowest BCUT2D eigenvalue weighted by molar-refractivity contribution is -0.122. The fraction of sp³-hybridized carbons (Fsp3) is 0.500. The van der Waals surface area contributed by atoms with Gasteiger partial charge in [-0.15, -0.1) is 0 Å². The van der Waals surface area contributed by atoms with Crippen LogP contribution in [0.4, 0.5) is 5.95 Å². The average molecular weight is 470 g/mol. The molecular formula is C20H25Cl2N5O4. The number of hydrogen-bond acceptors (Lipinski definition) is 7. The van der Waals surface area contributed by atoms with Crippen LogP contribution in [-0.4, -0.2) is 59.2 Å². The molecule has 31 heavy (non-hydrogen) atoms. The van der Waals surface area contributed by atoms with E-state index in [2.05, 4.69) is 25.7 Å². The van der Waals surface area contributed by atoms with E-state index in [9.17, 15) is 9.59 Å². The first-order valence-electron chi connectivity index (χ1n) is 10.1. The Morgan fingerprint density at radius 3 is 2.87 bits per heavy atom. The summed E-state index contributed by atoms with van der Waals surface area (Å²) in [4.78, 5) is 29.8. The van der Waals surface area contributed by atoms with Crippen molar-refractivity contribution in [1.29, 1.82) is 0 Å². The van der Waals surface area contributed by atoms with Crippen molar-refractivity contribution in [2.45, 2.75) is 38.8 Å². The van der Waals surface area contributed by atoms with Crippen LogP contribution in [0.25, 0.3) is 0 Å². The van der Waals surface area contributed by atoms with Gasteiger partial charge in [0.2, 0.25) is 17.7 Å². The molecule has 1 saturated heterocycles. The minimum absolute atomic E-state index is 0.0975. The summed E-state index contributed by atoms with van der Waals surface area (Å²) in [6, 6.07) is 5.62. The van der Waals surface area contributed by atoms with E-state index in [1.54, 1.807) is 13.0 Å². The van der Waals surface area contributed by atoms with Crippen LogP contribution in [0.5, 0.6) is 0 Å². The van der Waals surface area contributed by atoms with Crippen molar-refractivity contribution in [1.82, 2.24) is 20.4 Å². The Hall–Kier alpha value is -2.20. The van der Waals surface area contributed by atoms with Crippen molar-refractivity contribution in [3.8, 4) is 0 Å². The zero-order valence-corrected chi connectivity index (χ0v) is 18.7. The number of anilines is 1. The Morgan fingerprint density at radius 2 is 2.10 bits per heavy atom. The molecule has 0 bridgehead atoms. The van der Waals surface area contributed by atoms with Crippen LogP contribution in [0, 0.1) is 0 Å². The fourth-order valence-corrected chi connectivity index (χ4v) is 3.42. The lowest BCUT2D eigenvalue weighted by Gasteiger charge is -2.33. The number of nitrogens with one attached hydrogen (secondary N) is 2. The monoisotopic (exact) mass is 469 g/mol. The number of rotatable bonds is 9. The number of benzene rings is 1. The van der Waals surface area contributed by atoms with E-state index >= 15 is 0 Å². The minimum Gasteiger partial charge on any atom is -0.374 e. The number of amides is 2. The number of morpholine rings is 1. The highest BCUT2D eigenvalue weighted by atomic mass is 35.5. The molecular weight excluding hydrogens is 445 g/mol. The molecule has 2 N–H and O–H groups in total. The van der Waals surface area contributed by atoms with E-state index in [0.29, 0.717) is 42.1 Å². The molecule has 9 nitrogen and oxygen atoms in total. The van der Waals surface area contributed by atoms with Crippen LogP contribution in [0.2, 0.25) is 10.0 Å². The van der Waals surface area contributed by atoms with Crippen LogP contribution >= 0.6 is 23.2 Å². The molecule has 1 aliphatic rings. The van der Waals surface area contributed by atoms with Crippen LogP contribution < -0.4 is 10.6 Å². The van der Waals surface area contributed by atoms with E-state index in [-0.39, 0.29) is 36.7 Å². The average Bonchev–Trinajstić information content (AvgIpc) is 3.21. The molecule has 2 heterocycles. The predicted molar refractivity (Wildman–Crippen MR) is 116 cm³/mol. The van der Waals surface area contributed by atoms with Crippen LogP contribution in [0.1, 0.15) is 31.2 Å². The Morgan fingerprint density at radius 1 is 1.26 bits per heavy atom. The molecule has 3 rings (SSSR count). The number of ether oxygens (including phenoxy) is 1. The third-order valence-electron chi connectivity index (χ3n) is 4.75. The Bertz CT molecular complexity index is 907. The van der Waals surface area contributed by atoms with E-state index in [0.717, 1.165) is 18.7 Å². The van der Waals surface area contributed by atoms with Crippen molar-refractivity contribution in [3.63, 3.8) is 0 Å². The molecule has 1 aromatic heterocycles. The van der Waals surface area contributed by atoms with Gasteiger partial charge in [-0.25, -0.2) is 0 Å². The number of halogens is 2. The molecule has 1 aliphatic heterocycles. The first kappa shape index (κ1) is 23.5. The Kier molecular flexibility index (Phi) is 8.65. The number of carbonyl (C=O) groups is 2. The van der Waals surface area contributed by atoms with Gasteiger partial charge in [0.15, 0.2) is 0 Å². The Labute approximate surface area is 190 Å². The van der Waals surface area contributed by atoms with E-state index < -0.39 is 0 Å². The topological polar surface area (TPSA) is 110 Å². The van der Waals surface area contributed by atoms with Gasteiger partial charge >= 0.3 is 0 Å². The van der Waals surface area contributed by atoms with Crippen molar-refractivity contribution in [2.75, 3.05) is 31.6 Å². The maximum Gasteiger partial charge on any atom is 0.270 e. The molecule has 2 aromatic rings. The zero-order chi connectivity index (χ0) is 22.2. The van der Waals surface area contributed by atoms with E-state index in [4.69, 9.17) is 32.5 Å². The summed E-state index contributed by atoms with van der Waals surface area (Å²) in [5, 5.41) is 10.1. The Balaban J connectivity index is 1.38. The normalized spacial score (nSPS) is 16.8. The van der Waals surface area contributed by atoms with Gasteiger partial charge in [-0.05, 0) is 22.9 Å². The predicted octanol–water partition coefficient (Wildman–Crippen LogP) is 2.67. The standard InChI is InChI=1S/C20H25Cl2N5O4/c1-2-17(28)24-20-25-19(31-26-20)6-5-18(29)23-10-14-12-27(7-8-30-14)11-13-3-4-15(21)16(22)9-13/h3-4,9,14H,2,5-8,10-12H2,1H3,(H,23,29)(H,24,26,28)/t14-/m0/s1. The largest absolute Gasteiger partial charge is 0.374 e. The molecule has 0 radical (unpaired) electrons. The number of nitrogens with zero attached hydrogens (tertiary/aromatic N) is 3.